The molecule has 1 saturated heterocycles. The molecule has 2 N–H and O–H groups in total. The Morgan fingerprint density at radius 1 is 1.18 bits per heavy atom. The van der Waals surface area contributed by atoms with Crippen molar-refractivity contribution in [3.63, 3.8) is 0 Å². The fraction of sp³-hybridized carbons (Fsp3) is 0.381. The van der Waals surface area contributed by atoms with E-state index in [9.17, 15) is 9.59 Å². The van der Waals surface area contributed by atoms with Crippen LogP contribution in [0.1, 0.15) is 45.5 Å². The molecule has 0 atom stereocenters. The van der Waals surface area contributed by atoms with Gasteiger partial charge in [0.25, 0.3) is 5.91 Å². The van der Waals surface area contributed by atoms with E-state index >= 15 is 0 Å². The Kier molecular flexibility index (Phi) is 5.25. The molecule has 2 aliphatic rings. The standard InChI is InChI=1S/C21H24N4O3/c22-12-16-10-18(5-4-15(16)14-26)25-8-9-28-19-11-17(13-23-20(19)25)21(27)24-6-2-1-3-7-24/h4-5,10-11,13-14H,1-3,6-9,12,22H2. The maximum atomic E-state index is 12.8. The molecule has 0 unspecified atom stereocenters. The fourth-order valence-electron chi connectivity index (χ4n) is 3.80. The number of ether oxygens (including phenoxy) is 1. The van der Waals surface area contributed by atoms with Gasteiger partial charge < -0.3 is 20.3 Å². The lowest BCUT2D eigenvalue weighted by Gasteiger charge is -2.31. The third-order valence-electron chi connectivity index (χ3n) is 5.34. The number of amides is 1. The van der Waals surface area contributed by atoms with Crippen LogP contribution in [-0.4, -0.2) is 48.3 Å². The molecular weight excluding hydrogens is 356 g/mol. The molecule has 1 aromatic heterocycles. The molecular formula is C21H24N4O3. The summed E-state index contributed by atoms with van der Waals surface area (Å²) in [5.41, 5.74) is 8.62. The van der Waals surface area contributed by atoms with Crippen LogP contribution >= 0.6 is 0 Å². The number of nitrogens with zero attached hydrogens (tertiary/aromatic N) is 3. The number of benzene rings is 1. The van der Waals surface area contributed by atoms with E-state index in [0.29, 0.717) is 35.8 Å². The van der Waals surface area contributed by atoms with Gasteiger partial charge >= 0.3 is 0 Å². The molecule has 146 valence electrons. The molecule has 0 bridgehead atoms. The first-order valence-electron chi connectivity index (χ1n) is 9.69. The largest absolute Gasteiger partial charge is 0.488 e. The van der Waals surface area contributed by atoms with Crippen molar-refractivity contribution in [1.29, 1.82) is 0 Å². The first-order valence-corrected chi connectivity index (χ1v) is 9.69. The number of anilines is 2. The summed E-state index contributed by atoms with van der Waals surface area (Å²) in [6, 6.07) is 7.35. The van der Waals surface area contributed by atoms with E-state index in [1.54, 1.807) is 18.3 Å². The topological polar surface area (TPSA) is 88.8 Å². The zero-order chi connectivity index (χ0) is 19.5. The number of hydrogen-bond donors (Lipinski definition) is 1. The van der Waals surface area contributed by atoms with E-state index in [1.165, 1.54) is 6.42 Å². The van der Waals surface area contributed by atoms with Gasteiger partial charge in [0.05, 0.1) is 12.1 Å². The average Bonchev–Trinajstić information content (AvgIpc) is 2.77. The van der Waals surface area contributed by atoms with Gasteiger partial charge in [-0.15, -0.1) is 0 Å². The highest BCUT2D eigenvalue weighted by Gasteiger charge is 2.25. The second kappa shape index (κ2) is 7.98. The SMILES string of the molecule is NCc1cc(N2CCOc3cc(C(=O)N4CCCCC4)cnc32)ccc1C=O. The minimum atomic E-state index is 0.0106. The number of pyridine rings is 1. The highest BCUT2D eigenvalue weighted by atomic mass is 16.5. The fourth-order valence-corrected chi connectivity index (χ4v) is 3.80. The van der Waals surface area contributed by atoms with Crippen molar-refractivity contribution in [3.05, 3.63) is 47.2 Å². The van der Waals surface area contributed by atoms with Gasteiger partial charge in [0, 0.05) is 37.1 Å². The molecule has 1 fully saturated rings. The number of carbonyl (C=O) groups is 2. The number of fused-ring (bicyclic) bond motifs is 1. The zero-order valence-corrected chi connectivity index (χ0v) is 15.8. The first-order chi connectivity index (χ1) is 13.7. The monoisotopic (exact) mass is 380 g/mol. The number of piperidine rings is 1. The minimum Gasteiger partial charge on any atom is -0.488 e. The third kappa shape index (κ3) is 3.45. The van der Waals surface area contributed by atoms with Gasteiger partial charge in [-0.25, -0.2) is 4.98 Å². The van der Waals surface area contributed by atoms with Gasteiger partial charge in [0.1, 0.15) is 12.9 Å². The number of aldehydes is 1. The van der Waals surface area contributed by atoms with Gasteiger partial charge in [-0.05, 0) is 49.1 Å². The van der Waals surface area contributed by atoms with Crippen molar-refractivity contribution in [2.75, 3.05) is 31.1 Å². The van der Waals surface area contributed by atoms with Crippen LogP contribution in [0.3, 0.4) is 0 Å². The van der Waals surface area contributed by atoms with E-state index in [1.807, 2.05) is 21.9 Å². The highest BCUT2D eigenvalue weighted by molar-refractivity contribution is 5.95. The van der Waals surface area contributed by atoms with Crippen LogP contribution < -0.4 is 15.4 Å². The zero-order valence-electron chi connectivity index (χ0n) is 15.8. The smallest absolute Gasteiger partial charge is 0.255 e. The number of rotatable bonds is 4. The van der Waals surface area contributed by atoms with Gasteiger partial charge in [-0.2, -0.15) is 0 Å². The Labute approximate surface area is 164 Å². The Balaban J connectivity index is 1.63. The molecule has 7 nitrogen and oxygen atoms in total. The Bertz CT molecular complexity index is 893. The number of aromatic nitrogens is 1. The van der Waals surface area contributed by atoms with E-state index in [4.69, 9.17) is 10.5 Å². The van der Waals surface area contributed by atoms with Crippen LogP contribution in [0.15, 0.2) is 30.5 Å². The maximum Gasteiger partial charge on any atom is 0.255 e. The summed E-state index contributed by atoms with van der Waals surface area (Å²) in [4.78, 5) is 32.4. The van der Waals surface area contributed by atoms with Crippen LogP contribution in [0.4, 0.5) is 11.5 Å². The van der Waals surface area contributed by atoms with Crippen LogP contribution in [0.2, 0.25) is 0 Å². The lowest BCUT2D eigenvalue weighted by molar-refractivity contribution is 0.0723. The van der Waals surface area contributed by atoms with Crippen molar-refractivity contribution in [2.24, 2.45) is 5.73 Å². The van der Waals surface area contributed by atoms with Crippen LogP contribution in [0, 0.1) is 0 Å². The molecule has 7 heteroatoms. The van der Waals surface area contributed by atoms with E-state index in [0.717, 1.165) is 43.5 Å². The highest BCUT2D eigenvalue weighted by Crippen LogP contribution is 2.36. The number of hydrogen-bond acceptors (Lipinski definition) is 6. The molecule has 3 heterocycles. The summed E-state index contributed by atoms with van der Waals surface area (Å²) in [7, 11) is 0. The van der Waals surface area contributed by atoms with E-state index in [-0.39, 0.29) is 12.5 Å². The molecule has 0 aliphatic carbocycles. The average molecular weight is 380 g/mol. The molecule has 1 aromatic carbocycles. The van der Waals surface area contributed by atoms with Crippen molar-refractivity contribution in [2.45, 2.75) is 25.8 Å². The normalized spacial score (nSPS) is 16.3. The van der Waals surface area contributed by atoms with Gasteiger partial charge in [0.2, 0.25) is 0 Å². The number of carbonyl (C=O) groups excluding carboxylic acids is 2. The van der Waals surface area contributed by atoms with E-state index in [2.05, 4.69) is 4.98 Å². The first kappa shape index (κ1) is 18.4. The Hall–Kier alpha value is -2.93. The summed E-state index contributed by atoms with van der Waals surface area (Å²) in [5, 5.41) is 0. The maximum absolute atomic E-state index is 12.8. The van der Waals surface area contributed by atoms with Crippen molar-refractivity contribution in [3.8, 4) is 5.75 Å². The van der Waals surface area contributed by atoms with Crippen molar-refractivity contribution in [1.82, 2.24) is 9.88 Å². The molecule has 0 radical (unpaired) electrons. The predicted octanol–water partition coefficient (Wildman–Crippen LogP) is 2.51. The summed E-state index contributed by atoms with van der Waals surface area (Å²) >= 11 is 0. The molecule has 4 rings (SSSR count). The summed E-state index contributed by atoms with van der Waals surface area (Å²) in [5.74, 6) is 1.28. The van der Waals surface area contributed by atoms with Crippen LogP contribution in [-0.2, 0) is 6.54 Å². The predicted molar refractivity (Wildman–Crippen MR) is 106 cm³/mol. The molecule has 0 spiro atoms. The van der Waals surface area contributed by atoms with Crippen molar-refractivity contribution >= 4 is 23.7 Å². The van der Waals surface area contributed by atoms with Gasteiger partial charge in [0.15, 0.2) is 11.6 Å². The summed E-state index contributed by atoms with van der Waals surface area (Å²) in [6.45, 7) is 3.00. The molecule has 2 aliphatic heterocycles. The molecule has 0 saturated carbocycles. The second-order valence-corrected chi connectivity index (χ2v) is 7.10. The van der Waals surface area contributed by atoms with Gasteiger partial charge in [-0.3, -0.25) is 9.59 Å². The summed E-state index contributed by atoms with van der Waals surface area (Å²) < 4.78 is 5.80. The van der Waals surface area contributed by atoms with Crippen molar-refractivity contribution < 1.29 is 14.3 Å². The number of nitrogens with two attached hydrogens (primary N) is 1. The Morgan fingerprint density at radius 3 is 2.75 bits per heavy atom. The quantitative estimate of drug-likeness (QED) is 0.820. The molecule has 2 aromatic rings. The lowest BCUT2D eigenvalue weighted by atomic mass is 10.1. The third-order valence-corrected chi connectivity index (χ3v) is 5.34. The van der Waals surface area contributed by atoms with Gasteiger partial charge in [-0.1, -0.05) is 0 Å². The number of likely N-dealkylation sites (tertiary alicyclic amines) is 1. The van der Waals surface area contributed by atoms with Crippen LogP contribution in [0.25, 0.3) is 0 Å². The lowest BCUT2D eigenvalue weighted by Crippen LogP contribution is -2.36. The molecule has 1 amide bonds. The molecule has 28 heavy (non-hydrogen) atoms. The summed E-state index contributed by atoms with van der Waals surface area (Å²) in [6.07, 6.45) is 5.72. The van der Waals surface area contributed by atoms with E-state index < -0.39 is 0 Å². The minimum absolute atomic E-state index is 0.0106. The van der Waals surface area contributed by atoms with Crippen LogP contribution in [0.5, 0.6) is 5.75 Å². The Morgan fingerprint density at radius 2 is 2.00 bits per heavy atom. The second-order valence-electron chi connectivity index (χ2n) is 7.10.